The number of anilines is 1. The summed E-state index contributed by atoms with van der Waals surface area (Å²) in [6.45, 7) is 5.77. The summed E-state index contributed by atoms with van der Waals surface area (Å²) in [6.07, 6.45) is 0. The number of hydrogen-bond donors (Lipinski definition) is 3. The molecule has 1 aliphatic rings. The van der Waals surface area contributed by atoms with Crippen LogP contribution < -0.4 is 16.0 Å². The minimum absolute atomic E-state index is 0.120. The van der Waals surface area contributed by atoms with E-state index in [1.807, 2.05) is 24.3 Å². The Balaban J connectivity index is 1.92. The van der Waals surface area contributed by atoms with Gasteiger partial charge in [0.05, 0.1) is 11.6 Å². The molecule has 1 aliphatic heterocycles. The van der Waals surface area contributed by atoms with Crippen molar-refractivity contribution in [3.63, 3.8) is 0 Å². The number of allylic oxidation sites excluding steroid dienone is 1. The van der Waals surface area contributed by atoms with Crippen molar-refractivity contribution in [2.75, 3.05) is 5.32 Å². The molecule has 0 bridgehead atoms. The smallest absolute Gasteiger partial charge is 0.319 e. The number of rotatable bonds is 4. The van der Waals surface area contributed by atoms with Crippen molar-refractivity contribution in [3.05, 3.63) is 76.5 Å². The van der Waals surface area contributed by atoms with Crippen LogP contribution in [0.25, 0.3) is 0 Å². The molecule has 3 N–H and O–H groups in total. The van der Waals surface area contributed by atoms with E-state index in [4.69, 9.17) is 0 Å². The summed E-state index contributed by atoms with van der Waals surface area (Å²) in [6, 6.07) is 9.67. The standard InChI is InChI=1S/C21H21F2N3O2/c1-11(2)13-4-6-14(7-5-13)19-18(12(3)24-21(28)26-19)20(27)25-15-8-9-16(22)17(23)10-15/h4-11,19H,1-3H3,(H,25,27)(H2,24,26,28)/t19-/m1/s1. The van der Waals surface area contributed by atoms with Gasteiger partial charge in [0.25, 0.3) is 5.91 Å². The first-order chi connectivity index (χ1) is 13.3. The van der Waals surface area contributed by atoms with Crippen LogP contribution in [0.1, 0.15) is 43.9 Å². The lowest BCUT2D eigenvalue weighted by Gasteiger charge is -2.29. The average molecular weight is 385 g/mol. The molecule has 0 spiro atoms. The third-order valence-electron chi connectivity index (χ3n) is 4.63. The summed E-state index contributed by atoms with van der Waals surface area (Å²) in [5, 5.41) is 7.89. The first-order valence-electron chi connectivity index (χ1n) is 8.91. The van der Waals surface area contributed by atoms with Gasteiger partial charge in [-0.2, -0.15) is 0 Å². The molecular formula is C21H21F2N3O2. The lowest BCUT2D eigenvalue weighted by molar-refractivity contribution is -0.113. The fourth-order valence-electron chi connectivity index (χ4n) is 3.09. The second-order valence-electron chi connectivity index (χ2n) is 6.97. The van der Waals surface area contributed by atoms with Gasteiger partial charge >= 0.3 is 6.03 Å². The number of hydrogen-bond acceptors (Lipinski definition) is 2. The molecule has 0 aliphatic carbocycles. The van der Waals surface area contributed by atoms with Crippen molar-refractivity contribution < 1.29 is 18.4 Å². The number of carbonyl (C=O) groups is 2. The summed E-state index contributed by atoms with van der Waals surface area (Å²) >= 11 is 0. The topological polar surface area (TPSA) is 70.2 Å². The van der Waals surface area contributed by atoms with Gasteiger partial charge in [-0.05, 0) is 36.1 Å². The van der Waals surface area contributed by atoms with Crippen LogP contribution in [0.5, 0.6) is 0 Å². The highest BCUT2D eigenvalue weighted by molar-refractivity contribution is 6.06. The van der Waals surface area contributed by atoms with Crippen LogP contribution in [-0.2, 0) is 4.79 Å². The average Bonchev–Trinajstić information content (AvgIpc) is 2.64. The van der Waals surface area contributed by atoms with Crippen LogP contribution in [0.15, 0.2) is 53.7 Å². The third-order valence-corrected chi connectivity index (χ3v) is 4.63. The largest absolute Gasteiger partial charge is 0.327 e. The quantitative estimate of drug-likeness (QED) is 0.732. The Morgan fingerprint density at radius 3 is 2.36 bits per heavy atom. The van der Waals surface area contributed by atoms with Crippen molar-refractivity contribution in [2.45, 2.75) is 32.7 Å². The van der Waals surface area contributed by atoms with Gasteiger partial charge in [0, 0.05) is 17.5 Å². The molecule has 0 radical (unpaired) electrons. The number of amides is 3. The number of benzene rings is 2. The van der Waals surface area contributed by atoms with Gasteiger partial charge in [-0.15, -0.1) is 0 Å². The van der Waals surface area contributed by atoms with Gasteiger partial charge in [-0.25, -0.2) is 13.6 Å². The van der Waals surface area contributed by atoms with Crippen LogP contribution in [0.3, 0.4) is 0 Å². The van der Waals surface area contributed by atoms with Crippen LogP contribution >= 0.6 is 0 Å². The zero-order valence-electron chi connectivity index (χ0n) is 15.8. The maximum Gasteiger partial charge on any atom is 0.319 e. The summed E-state index contributed by atoms with van der Waals surface area (Å²) in [5.74, 6) is -2.22. The van der Waals surface area contributed by atoms with E-state index < -0.39 is 29.6 Å². The highest BCUT2D eigenvalue weighted by Gasteiger charge is 2.31. The Hall–Kier alpha value is -3.22. The molecule has 1 heterocycles. The van der Waals surface area contributed by atoms with E-state index in [9.17, 15) is 18.4 Å². The van der Waals surface area contributed by atoms with Crippen molar-refractivity contribution >= 4 is 17.6 Å². The van der Waals surface area contributed by atoms with Crippen LogP contribution in [0.2, 0.25) is 0 Å². The predicted molar refractivity (Wildman–Crippen MR) is 103 cm³/mol. The van der Waals surface area contributed by atoms with Crippen LogP contribution in [0, 0.1) is 11.6 Å². The number of urea groups is 1. The third kappa shape index (κ3) is 4.03. The summed E-state index contributed by atoms with van der Waals surface area (Å²) in [4.78, 5) is 24.8. The van der Waals surface area contributed by atoms with Gasteiger partial charge in [0.2, 0.25) is 0 Å². The SMILES string of the molecule is CC1=C(C(=O)Nc2ccc(F)c(F)c2)[C@@H](c2ccc(C(C)C)cc2)NC(=O)N1. The fraction of sp³-hybridized carbons (Fsp3) is 0.238. The van der Waals surface area contributed by atoms with E-state index in [0.717, 1.165) is 23.3 Å². The normalized spacial score (nSPS) is 16.6. The molecule has 3 amide bonds. The Morgan fingerprint density at radius 2 is 1.75 bits per heavy atom. The van der Waals surface area contributed by atoms with Gasteiger partial charge in [0.15, 0.2) is 11.6 Å². The lowest BCUT2D eigenvalue weighted by Crippen LogP contribution is -2.46. The van der Waals surface area contributed by atoms with Gasteiger partial charge in [-0.3, -0.25) is 4.79 Å². The molecular weight excluding hydrogens is 364 g/mol. The van der Waals surface area contributed by atoms with E-state index in [1.165, 1.54) is 6.07 Å². The molecule has 0 unspecified atom stereocenters. The summed E-state index contributed by atoms with van der Waals surface area (Å²) < 4.78 is 26.6. The Morgan fingerprint density at radius 1 is 1.07 bits per heavy atom. The second kappa shape index (κ2) is 7.80. The molecule has 28 heavy (non-hydrogen) atoms. The summed E-state index contributed by atoms with van der Waals surface area (Å²) in [7, 11) is 0. The van der Waals surface area contributed by atoms with E-state index in [2.05, 4.69) is 29.8 Å². The zero-order chi connectivity index (χ0) is 20.4. The Labute approximate surface area is 161 Å². The molecule has 2 aromatic rings. The molecule has 0 saturated heterocycles. The predicted octanol–water partition coefficient (Wildman–Crippen LogP) is 4.35. The minimum Gasteiger partial charge on any atom is -0.327 e. The van der Waals surface area contributed by atoms with E-state index >= 15 is 0 Å². The maximum atomic E-state index is 13.4. The molecule has 1 atom stereocenters. The Bertz CT molecular complexity index is 953. The fourth-order valence-corrected chi connectivity index (χ4v) is 3.09. The highest BCUT2D eigenvalue weighted by Crippen LogP contribution is 2.29. The molecule has 0 saturated carbocycles. The number of halogens is 2. The van der Waals surface area contributed by atoms with Crippen molar-refractivity contribution in [3.8, 4) is 0 Å². The lowest BCUT2D eigenvalue weighted by atomic mass is 9.92. The van der Waals surface area contributed by atoms with Gasteiger partial charge in [-0.1, -0.05) is 38.1 Å². The molecule has 5 nitrogen and oxygen atoms in total. The molecule has 0 aromatic heterocycles. The maximum absolute atomic E-state index is 13.4. The first kappa shape index (κ1) is 19.5. The van der Waals surface area contributed by atoms with Crippen molar-refractivity contribution in [1.82, 2.24) is 10.6 Å². The molecule has 3 rings (SSSR count). The number of carbonyl (C=O) groups excluding carboxylic acids is 2. The van der Waals surface area contributed by atoms with E-state index in [0.29, 0.717) is 17.2 Å². The molecule has 0 fully saturated rings. The molecule has 2 aromatic carbocycles. The summed E-state index contributed by atoms with van der Waals surface area (Å²) in [5.41, 5.74) is 2.69. The van der Waals surface area contributed by atoms with Gasteiger partial charge in [0.1, 0.15) is 0 Å². The van der Waals surface area contributed by atoms with Crippen LogP contribution in [0.4, 0.5) is 19.3 Å². The number of nitrogens with one attached hydrogen (secondary N) is 3. The minimum atomic E-state index is -1.06. The highest BCUT2D eigenvalue weighted by atomic mass is 19.2. The van der Waals surface area contributed by atoms with E-state index in [-0.39, 0.29) is 5.69 Å². The van der Waals surface area contributed by atoms with Crippen molar-refractivity contribution in [2.24, 2.45) is 0 Å². The zero-order valence-corrected chi connectivity index (χ0v) is 15.8. The van der Waals surface area contributed by atoms with Gasteiger partial charge < -0.3 is 16.0 Å². The molecule has 146 valence electrons. The Kier molecular flexibility index (Phi) is 5.44. The van der Waals surface area contributed by atoms with E-state index in [1.54, 1.807) is 6.92 Å². The van der Waals surface area contributed by atoms with Crippen molar-refractivity contribution in [1.29, 1.82) is 0 Å². The molecule has 7 heteroatoms. The first-order valence-corrected chi connectivity index (χ1v) is 8.91. The monoisotopic (exact) mass is 385 g/mol. The van der Waals surface area contributed by atoms with Crippen LogP contribution in [-0.4, -0.2) is 11.9 Å². The second-order valence-corrected chi connectivity index (χ2v) is 6.97.